The Bertz CT molecular complexity index is 628. The Labute approximate surface area is 154 Å². The second-order valence-electron chi connectivity index (χ2n) is 5.36. The molecule has 0 atom stereocenters. The molecule has 126 valence electrons. The minimum absolute atomic E-state index is 0. The molecule has 1 aromatic carbocycles. The number of benzene rings is 1. The topological polar surface area (TPSA) is 42.8 Å². The summed E-state index contributed by atoms with van der Waals surface area (Å²) < 4.78 is 0. The predicted molar refractivity (Wildman–Crippen MR) is 101 cm³/mol. The fraction of sp³-hybridized carbons (Fsp3) is 0.471. The molecule has 0 amide bonds. The van der Waals surface area contributed by atoms with E-state index in [-0.39, 0.29) is 12.4 Å². The molecule has 3 nitrogen and oxygen atoms in total. The summed E-state index contributed by atoms with van der Waals surface area (Å²) in [5.41, 5.74) is 3.09. The van der Waals surface area contributed by atoms with E-state index in [4.69, 9.17) is 28.5 Å². The summed E-state index contributed by atoms with van der Waals surface area (Å²) in [5.74, 6) is 1.30. The van der Waals surface area contributed by atoms with Crippen LogP contribution in [0, 0.1) is 11.3 Å². The molecule has 1 aromatic heterocycles. The number of H-pyrrole nitrogens is 1. The quantitative estimate of drug-likeness (QED) is 0.516. The molecular weight excluding hydrogens is 353 g/mol. The summed E-state index contributed by atoms with van der Waals surface area (Å²) in [7, 11) is 0. The molecule has 0 unspecified atom stereocenters. The molecule has 0 saturated carbocycles. The first-order valence-electron chi connectivity index (χ1n) is 7.63. The van der Waals surface area contributed by atoms with Crippen molar-refractivity contribution in [3.8, 4) is 6.07 Å². The van der Waals surface area contributed by atoms with Crippen molar-refractivity contribution in [2.75, 3.05) is 31.4 Å². The minimum Gasteiger partial charge on any atom is -0.361 e. The van der Waals surface area contributed by atoms with E-state index >= 15 is 0 Å². The summed E-state index contributed by atoms with van der Waals surface area (Å²) in [6, 6.07) is 7.99. The highest BCUT2D eigenvalue weighted by molar-refractivity contribution is 6.18. The van der Waals surface area contributed by atoms with Gasteiger partial charge in [-0.15, -0.1) is 35.6 Å². The van der Waals surface area contributed by atoms with E-state index < -0.39 is 0 Å². The minimum atomic E-state index is 0. The summed E-state index contributed by atoms with van der Waals surface area (Å²) in [4.78, 5) is 5.58. The molecule has 0 radical (unpaired) electrons. The van der Waals surface area contributed by atoms with Crippen molar-refractivity contribution in [2.24, 2.45) is 0 Å². The highest BCUT2D eigenvalue weighted by Gasteiger charge is 2.06. The predicted octanol–water partition coefficient (Wildman–Crippen LogP) is 4.56. The van der Waals surface area contributed by atoms with E-state index in [2.05, 4.69) is 22.1 Å². The van der Waals surface area contributed by atoms with Crippen molar-refractivity contribution < 1.29 is 0 Å². The molecule has 0 saturated heterocycles. The van der Waals surface area contributed by atoms with Gasteiger partial charge in [-0.1, -0.05) is 0 Å². The number of rotatable bonds is 9. The molecule has 2 rings (SSSR count). The second kappa shape index (κ2) is 10.8. The Kier molecular flexibility index (Phi) is 9.43. The van der Waals surface area contributed by atoms with Crippen LogP contribution in [-0.2, 0) is 6.42 Å². The average Bonchev–Trinajstić information content (AvgIpc) is 2.94. The van der Waals surface area contributed by atoms with Gasteiger partial charge in [-0.2, -0.15) is 5.26 Å². The maximum Gasteiger partial charge on any atom is 0.0991 e. The molecule has 1 N–H and O–H groups in total. The van der Waals surface area contributed by atoms with Crippen LogP contribution in [0.5, 0.6) is 0 Å². The van der Waals surface area contributed by atoms with Gasteiger partial charge in [-0.05, 0) is 49.6 Å². The molecule has 0 bridgehead atoms. The molecule has 0 aliphatic heterocycles. The van der Waals surface area contributed by atoms with E-state index in [9.17, 15) is 0 Å². The second-order valence-corrected chi connectivity index (χ2v) is 6.12. The first-order chi connectivity index (χ1) is 10.8. The van der Waals surface area contributed by atoms with E-state index in [0.717, 1.165) is 49.8 Å². The van der Waals surface area contributed by atoms with Gasteiger partial charge in [-0.25, -0.2) is 0 Å². The zero-order valence-corrected chi connectivity index (χ0v) is 15.4. The Morgan fingerprint density at radius 1 is 1.09 bits per heavy atom. The maximum absolute atomic E-state index is 9.01. The molecule has 1 heterocycles. The molecule has 0 aliphatic rings. The number of aromatic nitrogens is 1. The monoisotopic (exact) mass is 373 g/mol. The van der Waals surface area contributed by atoms with Crippen LogP contribution in [0.3, 0.4) is 0 Å². The van der Waals surface area contributed by atoms with Gasteiger partial charge in [0.2, 0.25) is 0 Å². The van der Waals surface area contributed by atoms with E-state index in [1.165, 1.54) is 5.56 Å². The highest BCUT2D eigenvalue weighted by Crippen LogP contribution is 2.21. The Morgan fingerprint density at radius 3 is 2.48 bits per heavy atom. The van der Waals surface area contributed by atoms with Crippen LogP contribution in [0.2, 0.25) is 0 Å². The van der Waals surface area contributed by atoms with Crippen molar-refractivity contribution in [3.63, 3.8) is 0 Å². The average molecular weight is 375 g/mol. The van der Waals surface area contributed by atoms with Crippen molar-refractivity contribution in [2.45, 2.75) is 19.3 Å². The number of hydrogen-bond donors (Lipinski definition) is 1. The number of hydrogen-bond acceptors (Lipinski definition) is 2. The summed E-state index contributed by atoms with van der Waals surface area (Å²) in [5, 5.41) is 10.2. The van der Waals surface area contributed by atoms with Gasteiger partial charge in [0.25, 0.3) is 0 Å². The highest BCUT2D eigenvalue weighted by atomic mass is 35.5. The number of unbranched alkanes of at least 4 members (excludes halogenated alkanes) is 1. The van der Waals surface area contributed by atoms with Crippen LogP contribution < -0.4 is 0 Å². The van der Waals surface area contributed by atoms with E-state index in [1.54, 1.807) is 0 Å². The number of fused-ring (bicyclic) bond motifs is 1. The van der Waals surface area contributed by atoms with Gasteiger partial charge in [0.15, 0.2) is 0 Å². The molecule has 0 spiro atoms. The lowest BCUT2D eigenvalue weighted by Gasteiger charge is -2.19. The molecule has 23 heavy (non-hydrogen) atoms. The SMILES string of the molecule is Cl.N#Cc1ccc2[nH]cc(CCCCN(CCCl)CCCl)c2c1. The third-order valence-electron chi connectivity index (χ3n) is 3.87. The molecule has 0 aliphatic carbocycles. The fourth-order valence-electron chi connectivity index (χ4n) is 2.68. The summed E-state index contributed by atoms with van der Waals surface area (Å²) in [6.07, 6.45) is 5.31. The van der Waals surface area contributed by atoms with Gasteiger partial charge in [0.05, 0.1) is 11.6 Å². The lowest BCUT2D eigenvalue weighted by atomic mass is 10.1. The van der Waals surface area contributed by atoms with Crippen LogP contribution >= 0.6 is 35.6 Å². The van der Waals surface area contributed by atoms with Gasteiger partial charge in [-0.3, -0.25) is 0 Å². The Morgan fingerprint density at radius 2 is 1.83 bits per heavy atom. The van der Waals surface area contributed by atoms with Crippen LogP contribution in [0.1, 0.15) is 24.0 Å². The zero-order chi connectivity index (χ0) is 15.8. The largest absolute Gasteiger partial charge is 0.361 e. The molecule has 6 heteroatoms. The fourth-order valence-corrected chi connectivity index (χ4v) is 3.16. The summed E-state index contributed by atoms with van der Waals surface area (Å²) in [6.45, 7) is 2.82. The standard InChI is InChI=1S/C17H21Cl2N3.ClH/c18-6-9-22(10-7-19)8-2-1-3-15-13-21-17-5-4-14(12-20)11-16(15)17;/h4-5,11,13,21H,1-3,6-10H2;1H. The van der Waals surface area contributed by atoms with Crippen LogP contribution in [0.15, 0.2) is 24.4 Å². The smallest absolute Gasteiger partial charge is 0.0991 e. The number of nitrogens with zero attached hydrogens (tertiary/aromatic N) is 2. The summed E-state index contributed by atoms with van der Waals surface area (Å²) >= 11 is 11.6. The normalized spacial score (nSPS) is 10.7. The zero-order valence-electron chi connectivity index (χ0n) is 13.0. The first kappa shape index (κ1) is 20.1. The van der Waals surface area contributed by atoms with Crippen molar-refractivity contribution >= 4 is 46.5 Å². The van der Waals surface area contributed by atoms with E-state index in [1.807, 2.05) is 18.2 Å². The first-order valence-corrected chi connectivity index (χ1v) is 8.69. The maximum atomic E-state index is 9.01. The third-order valence-corrected chi connectivity index (χ3v) is 4.21. The van der Waals surface area contributed by atoms with Gasteiger partial charge in [0, 0.05) is 41.9 Å². The number of aryl methyl sites for hydroxylation is 1. The van der Waals surface area contributed by atoms with Crippen molar-refractivity contribution in [3.05, 3.63) is 35.5 Å². The van der Waals surface area contributed by atoms with Gasteiger partial charge >= 0.3 is 0 Å². The van der Waals surface area contributed by atoms with Crippen LogP contribution in [0.4, 0.5) is 0 Å². The number of aromatic amines is 1. The van der Waals surface area contributed by atoms with E-state index in [0.29, 0.717) is 17.3 Å². The number of halogens is 3. The van der Waals surface area contributed by atoms with Crippen molar-refractivity contribution in [1.82, 2.24) is 9.88 Å². The van der Waals surface area contributed by atoms with Crippen LogP contribution in [-0.4, -0.2) is 41.3 Å². The van der Waals surface area contributed by atoms with Crippen molar-refractivity contribution in [1.29, 1.82) is 5.26 Å². The number of alkyl halides is 2. The number of nitriles is 1. The Balaban J connectivity index is 0.00000264. The van der Waals surface area contributed by atoms with Gasteiger partial charge in [0.1, 0.15) is 0 Å². The molecule has 2 aromatic rings. The Hall–Kier alpha value is -0.920. The lowest BCUT2D eigenvalue weighted by molar-refractivity contribution is 0.300. The lowest BCUT2D eigenvalue weighted by Crippen LogP contribution is -2.29. The third kappa shape index (κ3) is 5.90. The van der Waals surface area contributed by atoms with Gasteiger partial charge < -0.3 is 9.88 Å². The molecule has 0 fully saturated rings. The van der Waals surface area contributed by atoms with Crippen LogP contribution in [0.25, 0.3) is 10.9 Å². The molecular formula is C17H22Cl3N3. The number of nitrogens with one attached hydrogen (secondary N) is 1.